The first-order valence-electron chi connectivity index (χ1n) is 5.25. The summed E-state index contributed by atoms with van der Waals surface area (Å²) in [4.78, 5) is 1.09. The molecule has 0 aliphatic carbocycles. The van der Waals surface area contributed by atoms with Crippen LogP contribution in [0.3, 0.4) is 0 Å². The molecule has 1 aromatic rings. The van der Waals surface area contributed by atoms with Crippen LogP contribution in [0, 0.1) is 0 Å². The highest BCUT2D eigenvalue weighted by atomic mass is 32.2. The Morgan fingerprint density at radius 2 is 2.00 bits per heavy atom. The van der Waals surface area contributed by atoms with Crippen molar-refractivity contribution in [3.63, 3.8) is 0 Å². The van der Waals surface area contributed by atoms with Gasteiger partial charge in [-0.2, -0.15) is 0 Å². The van der Waals surface area contributed by atoms with Crippen molar-refractivity contribution in [1.82, 2.24) is 5.32 Å². The van der Waals surface area contributed by atoms with Crippen LogP contribution in [0.5, 0.6) is 11.5 Å². The Morgan fingerprint density at radius 1 is 1.25 bits per heavy atom. The number of nitrogens with one attached hydrogen (secondary N) is 1. The van der Waals surface area contributed by atoms with Crippen LogP contribution < -0.4 is 14.8 Å². The lowest BCUT2D eigenvalue weighted by Gasteiger charge is -2.11. The summed E-state index contributed by atoms with van der Waals surface area (Å²) in [6.45, 7) is 4.26. The van der Waals surface area contributed by atoms with Crippen molar-refractivity contribution in [3.05, 3.63) is 18.2 Å². The van der Waals surface area contributed by atoms with Crippen molar-refractivity contribution in [1.29, 1.82) is 0 Å². The molecule has 1 N–H and O–H groups in total. The Morgan fingerprint density at radius 3 is 2.56 bits per heavy atom. The summed E-state index contributed by atoms with van der Waals surface area (Å²) in [5.41, 5.74) is 0. The summed E-state index contributed by atoms with van der Waals surface area (Å²) in [5, 5.41) is 3.35. The average molecular weight is 241 g/mol. The van der Waals surface area contributed by atoms with E-state index in [2.05, 4.69) is 19.2 Å². The summed E-state index contributed by atoms with van der Waals surface area (Å²) in [6, 6.07) is 6.31. The van der Waals surface area contributed by atoms with E-state index in [1.807, 2.05) is 18.2 Å². The van der Waals surface area contributed by atoms with Gasteiger partial charge in [0.2, 0.25) is 0 Å². The van der Waals surface area contributed by atoms with Crippen LogP contribution in [0.4, 0.5) is 0 Å². The number of rotatable bonds is 6. The zero-order chi connectivity index (χ0) is 12.0. The molecule has 0 aliphatic rings. The molecule has 0 atom stereocenters. The molecular weight excluding hydrogens is 222 g/mol. The number of thioether (sulfide) groups is 1. The lowest BCUT2D eigenvalue weighted by molar-refractivity contribution is 0.394. The number of hydrogen-bond donors (Lipinski definition) is 1. The lowest BCUT2D eigenvalue weighted by Crippen LogP contribution is -2.21. The van der Waals surface area contributed by atoms with Gasteiger partial charge in [-0.1, -0.05) is 13.8 Å². The van der Waals surface area contributed by atoms with Crippen molar-refractivity contribution in [3.8, 4) is 11.5 Å². The second-order valence-corrected chi connectivity index (χ2v) is 4.68. The quantitative estimate of drug-likeness (QED) is 0.613. The Bertz CT molecular complexity index is 329. The molecule has 1 aromatic carbocycles. The van der Waals surface area contributed by atoms with Crippen LogP contribution in [-0.2, 0) is 0 Å². The van der Waals surface area contributed by atoms with Gasteiger partial charge in [0, 0.05) is 11.9 Å². The molecule has 0 aromatic heterocycles. The molecule has 0 heterocycles. The minimum atomic E-state index is 0.490. The second kappa shape index (κ2) is 6.66. The Balaban J connectivity index is 2.67. The molecular formula is C12H19NO2S. The smallest absolute Gasteiger partial charge is 0.132 e. The minimum Gasteiger partial charge on any atom is -0.497 e. The summed E-state index contributed by atoms with van der Waals surface area (Å²) in [5.74, 6) is 2.60. The number of ether oxygens (including phenoxy) is 2. The van der Waals surface area contributed by atoms with Gasteiger partial charge in [-0.25, -0.2) is 0 Å². The molecule has 0 fully saturated rings. The molecule has 0 aliphatic heterocycles. The molecule has 90 valence electrons. The van der Waals surface area contributed by atoms with Crippen molar-refractivity contribution >= 4 is 11.8 Å². The highest BCUT2D eigenvalue weighted by Gasteiger charge is 2.05. The van der Waals surface area contributed by atoms with Crippen LogP contribution in [0.2, 0.25) is 0 Å². The molecule has 0 amide bonds. The molecule has 16 heavy (non-hydrogen) atoms. The van der Waals surface area contributed by atoms with Gasteiger partial charge in [0.15, 0.2) is 0 Å². The third-order valence-electron chi connectivity index (χ3n) is 2.09. The summed E-state index contributed by atoms with van der Waals surface area (Å²) in [7, 11) is 3.35. The fourth-order valence-corrected chi connectivity index (χ4v) is 2.25. The third kappa shape index (κ3) is 3.94. The minimum absolute atomic E-state index is 0.490. The van der Waals surface area contributed by atoms with Crippen LogP contribution in [-0.4, -0.2) is 26.1 Å². The Labute approximate surface area is 102 Å². The standard InChI is InChI=1S/C12H19NO2S/c1-9(2)13-8-16-12-7-10(14-3)5-6-11(12)15-4/h5-7,9,13H,8H2,1-4H3. The lowest BCUT2D eigenvalue weighted by atomic mass is 10.3. The van der Waals surface area contributed by atoms with Crippen molar-refractivity contribution < 1.29 is 9.47 Å². The zero-order valence-electron chi connectivity index (χ0n) is 10.2. The van der Waals surface area contributed by atoms with Crippen molar-refractivity contribution in [2.45, 2.75) is 24.8 Å². The second-order valence-electron chi connectivity index (χ2n) is 3.66. The zero-order valence-corrected chi connectivity index (χ0v) is 11.1. The maximum absolute atomic E-state index is 5.30. The van der Waals surface area contributed by atoms with Gasteiger partial charge in [0.1, 0.15) is 11.5 Å². The van der Waals surface area contributed by atoms with Crippen LogP contribution in [0.25, 0.3) is 0 Å². The van der Waals surface area contributed by atoms with Gasteiger partial charge in [-0.05, 0) is 18.2 Å². The van der Waals surface area contributed by atoms with E-state index in [9.17, 15) is 0 Å². The van der Waals surface area contributed by atoms with Crippen LogP contribution >= 0.6 is 11.8 Å². The molecule has 0 bridgehead atoms. The van der Waals surface area contributed by atoms with E-state index >= 15 is 0 Å². The van der Waals surface area contributed by atoms with Gasteiger partial charge < -0.3 is 14.8 Å². The predicted octanol–water partition coefficient (Wildman–Crippen LogP) is 2.75. The molecule has 0 saturated carbocycles. The van der Waals surface area contributed by atoms with Gasteiger partial charge in [-0.15, -0.1) is 11.8 Å². The number of benzene rings is 1. The van der Waals surface area contributed by atoms with Gasteiger partial charge in [0.25, 0.3) is 0 Å². The normalized spacial score (nSPS) is 10.6. The summed E-state index contributed by atoms with van der Waals surface area (Å²) < 4.78 is 10.5. The third-order valence-corrected chi connectivity index (χ3v) is 3.03. The van der Waals surface area contributed by atoms with Gasteiger partial charge in [-0.3, -0.25) is 0 Å². The van der Waals surface area contributed by atoms with E-state index < -0.39 is 0 Å². The Kier molecular flexibility index (Phi) is 5.49. The van der Waals surface area contributed by atoms with Gasteiger partial charge in [0.05, 0.1) is 19.1 Å². The molecule has 0 unspecified atom stereocenters. The van der Waals surface area contributed by atoms with Crippen molar-refractivity contribution in [2.75, 3.05) is 20.1 Å². The molecule has 0 radical (unpaired) electrons. The summed E-state index contributed by atoms with van der Waals surface area (Å²) >= 11 is 1.71. The van der Waals surface area contributed by atoms with Crippen LogP contribution in [0.15, 0.2) is 23.1 Å². The Hall–Kier alpha value is -0.870. The van der Waals surface area contributed by atoms with E-state index in [0.717, 1.165) is 22.3 Å². The first-order chi connectivity index (χ1) is 7.67. The maximum Gasteiger partial charge on any atom is 0.132 e. The molecule has 1 rings (SSSR count). The largest absolute Gasteiger partial charge is 0.497 e. The van der Waals surface area contributed by atoms with E-state index in [-0.39, 0.29) is 0 Å². The molecule has 0 spiro atoms. The summed E-state index contributed by atoms with van der Waals surface area (Å²) in [6.07, 6.45) is 0. The highest BCUT2D eigenvalue weighted by Crippen LogP contribution is 2.32. The number of methoxy groups -OCH3 is 2. The van der Waals surface area contributed by atoms with Crippen molar-refractivity contribution in [2.24, 2.45) is 0 Å². The van der Waals surface area contributed by atoms with E-state index in [0.29, 0.717) is 6.04 Å². The topological polar surface area (TPSA) is 30.5 Å². The van der Waals surface area contributed by atoms with E-state index in [1.165, 1.54) is 0 Å². The SMILES string of the molecule is COc1ccc(OC)c(SCNC(C)C)c1. The predicted molar refractivity (Wildman–Crippen MR) is 68.5 cm³/mol. The average Bonchev–Trinajstić information content (AvgIpc) is 2.28. The fourth-order valence-electron chi connectivity index (χ4n) is 1.18. The molecule has 3 nitrogen and oxygen atoms in total. The first-order valence-corrected chi connectivity index (χ1v) is 6.24. The number of hydrogen-bond acceptors (Lipinski definition) is 4. The van der Waals surface area contributed by atoms with E-state index in [4.69, 9.17) is 9.47 Å². The molecule has 4 heteroatoms. The van der Waals surface area contributed by atoms with Gasteiger partial charge >= 0.3 is 0 Å². The molecule has 0 saturated heterocycles. The maximum atomic E-state index is 5.30. The first kappa shape index (κ1) is 13.2. The monoisotopic (exact) mass is 241 g/mol. The van der Waals surface area contributed by atoms with E-state index in [1.54, 1.807) is 26.0 Å². The van der Waals surface area contributed by atoms with Crippen LogP contribution in [0.1, 0.15) is 13.8 Å². The highest BCUT2D eigenvalue weighted by molar-refractivity contribution is 7.99. The fraction of sp³-hybridized carbons (Fsp3) is 0.500.